The van der Waals surface area contributed by atoms with Crippen LogP contribution in [0.2, 0.25) is 0 Å². The molecule has 0 radical (unpaired) electrons. The molecule has 0 bridgehead atoms. The summed E-state index contributed by atoms with van der Waals surface area (Å²) in [5.41, 5.74) is 5.24. The average molecular weight is 353 g/mol. The monoisotopic (exact) mass is 352 g/mol. The number of guanidine groups is 1. The minimum Gasteiger partial charge on any atom is -0.356 e. The van der Waals surface area contributed by atoms with Crippen molar-refractivity contribution in [3.05, 3.63) is 70.8 Å². The number of benzene rings is 2. The molecule has 0 aliphatic heterocycles. The molecule has 0 amide bonds. The van der Waals surface area contributed by atoms with E-state index in [0.717, 1.165) is 25.6 Å². The lowest BCUT2D eigenvalue weighted by Crippen LogP contribution is -2.38. The number of aryl methyl sites for hydroxylation is 1. The van der Waals surface area contributed by atoms with Crippen LogP contribution in [0.15, 0.2) is 53.5 Å². The van der Waals surface area contributed by atoms with E-state index in [1.54, 1.807) is 0 Å². The molecule has 0 heterocycles. The van der Waals surface area contributed by atoms with Crippen LogP contribution < -0.4 is 10.6 Å². The maximum atomic E-state index is 4.34. The smallest absolute Gasteiger partial charge is 0.191 e. The summed E-state index contributed by atoms with van der Waals surface area (Å²) in [5.74, 6) is 1.26. The summed E-state index contributed by atoms with van der Waals surface area (Å²) in [4.78, 5) is 6.52. The number of aliphatic imine (C=N–C) groups is 1. The van der Waals surface area contributed by atoms with Crippen molar-refractivity contribution in [2.75, 3.05) is 27.7 Å². The van der Waals surface area contributed by atoms with E-state index in [4.69, 9.17) is 0 Å². The van der Waals surface area contributed by atoms with Gasteiger partial charge >= 0.3 is 0 Å². The van der Waals surface area contributed by atoms with Gasteiger partial charge in [-0.3, -0.25) is 4.99 Å². The Morgan fingerprint density at radius 2 is 1.77 bits per heavy atom. The molecule has 0 spiro atoms. The summed E-state index contributed by atoms with van der Waals surface area (Å²) in [5, 5.41) is 6.84. The molecule has 4 heteroatoms. The van der Waals surface area contributed by atoms with Crippen molar-refractivity contribution in [2.45, 2.75) is 32.9 Å². The Balaban J connectivity index is 1.86. The first-order valence-corrected chi connectivity index (χ1v) is 9.21. The van der Waals surface area contributed by atoms with Gasteiger partial charge in [-0.2, -0.15) is 0 Å². The van der Waals surface area contributed by atoms with E-state index in [1.807, 2.05) is 7.05 Å². The zero-order valence-electron chi connectivity index (χ0n) is 16.7. The molecule has 26 heavy (non-hydrogen) atoms. The molecule has 0 aliphatic carbocycles. The lowest BCUT2D eigenvalue weighted by atomic mass is 9.99. The second-order valence-corrected chi connectivity index (χ2v) is 7.18. The van der Waals surface area contributed by atoms with E-state index in [-0.39, 0.29) is 0 Å². The molecule has 140 valence electrons. The Labute approximate surface area is 158 Å². The van der Waals surface area contributed by atoms with Crippen molar-refractivity contribution in [3.63, 3.8) is 0 Å². The minimum absolute atomic E-state index is 0.428. The molecule has 0 saturated heterocycles. The second kappa shape index (κ2) is 9.97. The van der Waals surface area contributed by atoms with Crippen LogP contribution in [-0.2, 0) is 13.1 Å². The molecule has 2 aromatic carbocycles. The van der Waals surface area contributed by atoms with Crippen molar-refractivity contribution >= 4 is 5.96 Å². The Bertz CT molecular complexity index is 722. The van der Waals surface area contributed by atoms with Crippen LogP contribution in [0.1, 0.15) is 35.1 Å². The molecule has 2 N–H and O–H groups in total. The summed E-state index contributed by atoms with van der Waals surface area (Å²) in [6.45, 7) is 6.94. The van der Waals surface area contributed by atoms with Gasteiger partial charge < -0.3 is 15.5 Å². The fraction of sp³-hybridized carbons (Fsp3) is 0.409. The molecule has 2 aromatic rings. The Hall–Kier alpha value is -2.33. The molecule has 4 nitrogen and oxygen atoms in total. The molecule has 0 aliphatic rings. The molecule has 2 rings (SSSR count). The second-order valence-electron chi connectivity index (χ2n) is 7.18. The van der Waals surface area contributed by atoms with Crippen molar-refractivity contribution in [3.8, 4) is 0 Å². The van der Waals surface area contributed by atoms with Crippen molar-refractivity contribution < 1.29 is 0 Å². The highest BCUT2D eigenvalue weighted by Crippen LogP contribution is 2.15. The topological polar surface area (TPSA) is 39.7 Å². The minimum atomic E-state index is 0.428. The first-order chi connectivity index (χ1) is 12.5. The number of nitrogens with zero attached hydrogens (tertiary/aromatic N) is 2. The van der Waals surface area contributed by atoms with E-state index in [9.17, 15) is 0 Å². The van der Waals surface area contributed by atoms with Crippen LogP contribution in [-0.4, -0.2) is 38.5 Å². The van der Waals surface area contributed by atoms with Crippen molar-refractivity contribution in [1.82, 2.24) is 15.5 Å². The Morgan fingerprint density at radius 1 is 1.04 bits per heavy atom. The van der Waals surface area contributed by atoms with E-state index in [1.165, 1.54) is 22.3 Å². The van der Waals surface area contributed by atoms with Gasteiger partial charge in [0.25, 0.3) is 0 Å². The number of hydrogen-bond acceptors (Lipinski definition) is 2. The largest absolute Gasteiger partial charge is 0.356 e. The fourth-order valence-electron chi connectivity index (χ4n) is 2.95. The highest BCUT2D eigenvalue weighted by atomic mass is 15.2. The molecule has 1 unspecified atom stereocenters. The third-order valence-corrected chi connectivity index (χ3v) is 4.36. The van der Waals surface area contributed by atoms with Crippen LogP contribution in [0.3, 0.4) is 0 Å². The maximum Gasteiger partial charge on any atom is 0.191 e. The maximum absolute atomic E-state index is 4.34. The summed E-state index contributed by atoms with van der Waals surface area (Å²) in [6, 6.07) is 17.4. The fourth-order valence-corrected chi connectivity index (χ4v) is 2.95. The lowest BCUT2D eigenvalue weighted by molar-refractivity contribution is 0.402. The highest BCUT2D eigenvalue weighted by Gasteiger charge is 2.07. The highest BCUT2D eigenvalue weighted by molar-refractivity contribution is 5.79. The average Bonchev–Trinajstić information content (AvgIpc) is 2.61. The summed E-state index contributed by atoms with van der Waals surface area (Å²) in [6.07, 6.45) is 0. The van der Waals surface area contributed by atoms with Crippen LogP contribution in [0.25, 0.3) is 0 Å². The standard InChI is InChI=1S/C22H32N4/c1-17-8-6-11-21(12-17)18(2)14-24-22(23-3)25-15-19-9-7-10-20(13-19)16-26(4)5/h6-13,18H,14-16H2,1-5H3,(H2,23,24,25). The molecule has 0 saturated carbocycles. The van der Waals surface area contributed by atoms with E-state index < -0.39 is 0 Å². The first-order valence-electron chi connectivity index (χ1n) is 9.21. The van der Waals surface area contributed by atoms with Gasteiger partial charge in [0, 0.05) is 26.7 Å². The normalized spacial score (nSPS) is 12.9. The SMILES string of the molecule is CN=C(NCc1cccc(CN(C)C)c1)NCC(C)c1cccc(C)c1. The van der Waals surface area contributed by atoms with Gasteiger partial charge in [0.05, 0.1) is 0 Å². The zero-order valence-corrected chi connectivity index (χ0v) is 16.7. The van der Waals surface area contributed by atoms with Gasteiger partial charge in [0.2, 0.25) is 0 Å². The van der Waals surface area contributed by atoms with E-state index in [0.29, 0.717) is 5.92 Å². The van der Waals surface area contributed by atoms with E-state index >= 15 is 0 Å². The summed E-state index contributed by atoms with van der Waals surface area (Å²) in [7, 11) is 5.99. The summed E-state index contributed by atoms with van der Waals surface area (Å²) < 4.78 is 0. The molecule has 0 fully saturated rings. The molecule has 1 atom stereocenters. The quantitative estimate of drug-likeness (QED) is 0.591. The summed E-state index contributed by atoms with van der Waals surface area (Å²) >= 11 is 0. The van der Waals surface area contributed by atoms with E-state index in [2.05, 4.69) is 97.0 Å². The number of nitrogens with one attached hydrogen (secondary N) is 2. The van der Waals surface area contributed by atoms with Gasteiger partial charge in [-0.1, -0.05) is 61.0 Å². The number of rotatable bonds is 7. The zero-order chi connectivity index (χ0) is 18.9. The molecular weight excluding hydrogens is 320 g/mol. The Kier molecular flexibility index (Phi) is 7.67. The molecule has 0 aromatic heterocycles. The first kappa shape index (κ1) is 20.0. The lowest BCUT2D eigenvalue weighted by Gasteiger charge is -2.17. The van der Waals surface area contributed by atoms with Crippen LogP contribution in [0.4, 0.5) is 0 Å². The third-order valence-electron chi connectivity index (χ3n) is 4.36. The number of hydrogen-bond donors (Lipinski definition) is 2. The van der Waals surface area contributed by atoms with Gasteiger partial charge in [-0.05, 0) is 43.6 Å². The van der Waals surface area contributed by atoms with Crippen LogP contribution in [0.5, 0.6) is 0 Å². The van der Waals surface area contributed by atoms with Gasteiger partial charge in [0.1, 0.15) is 0 Å². The Morgan fingerprint density at radius 3 is 2.46 bits per heavy atom. The van der Waals surface area contributed by atoms with Gasteiger partial charge in [0.15, 0.2) is 5.96 Å². The van der Waals surface area contributed by atoms with Crippen molar-refractivity contribution in [1.29, 1.82) is 0 Å². The predicted octanol–water partition coefficient (Wildman–Crippen LogP) is 3.53. The van der Waals surface area contributed by atoms with Crippen molar-refractivity contribution in [2.24, 2.45) is 4.99 Å². The predicted molar refractivity (Wildman–Crippen MR) is 112 cm³/mol. The van der Waals surface area contributed by atoms with Crippen LogP contribution >= 0.6 is 0 Å². The van der Waals surface area contributed by atoms with Crippen LogP contribution in [0, 0.1) is 6.92 Å². The van der Waals surface area contributed by atoms with Gasteiger partial charge in [-0.15, -0.1) is 0 Å². The van der Waals surface area contributed by atoms with Gasteiger partial charge in [-0.25, -0.2) is 0 Å². The molecular formula is C22H32N4. The third kappa shape index (κ3) is 6.52.